The Labute approximate surface area is 98.8 Å². The Hall–Kier alpha value is -1.65. The summed E-state index contributed by atoms with van der Waals surface area (Å²) in [6, 6.07) is 2.76. The number of rotatable bonds is 4. The van der Waals surface area contributed by atoms with Gasteiger partial charge in [0.15, 0.2) is 0 Å². The van der Waals surface area contributed by atoms with Crippen molar-refractivity contribution in [3.63, 3.8) is 0 Å². The molecule has 0 aliphatic heterocycles. The van der Waals surface area contributed by atoms with Crippen molar-refractivity contribution in [3.8, 4) is 0 Å². The maximum absolute atomic E-state index is 13.3. The molecule has 0 bridgehead atoms. The number of carbonyl (C=O) groups excluding carboxylic acids is 1. The molecule has 3 nitrogen and oxygen atoms in total. The quantitative estimate of drug-likeness (QED) is 0.826. The highest BCUT2D eigenvalue weighted by Crippen LogP contribution is 2.18. The minimum Gasteiger partial charge on any atom is -0.469 e. The number of hydrogen-bond donors (Lipinski definition) is 1. The maximum atomic E-state index is 13.3. The summed E-state index contributed by atoms with van der Waals surface area (Å²) in [5, 5.41) is 2.75. The lowest BCUT2D eigenvalue weighted by atomic mass is 10.0. The highest BCUT2D eigenvalue weighted by Gasteiger charge is 2.21. The molecule has 0 fully saturated rings. The number of methoxy groups -OCH3 is 1. The second-order valence-corrected chi connectivity index (χ2v) is 3.87. The minimum absolute atomic E-state index is 0.0354. The van der Waals surface area contributed by atoms with Crippen molar-refractivity contribution in [1.29, 1.82) is 0 Å². The number of anilines is 1. The summed E-state index contributed by atoms with van der Waals surface area (Å²) in [5.41, 5.74) is 0.0354. The molecule has 1 N–H and O–H groups in total. The maximum Gasteiger partial charge on any atom is 0.310 e. The van der Waals surface area contributed by atoms with Crippen LogP contribution in [0.4, 0.5) is 14.5 Å². The Morgan fingerprint density at radius 2 is 2.00 bits per heavy atom. The minimum atomic E-state index is -0.560. The fourth-order valence-corrected chi connectivity index (χ4v) is 1.37. The SMILES string of the molecule is COC(=O)C(C)C(C)Nc1cc(F)ccc1F. The van der Waals surface area contributed by atoms with Gasteiger partial charge in [-0.15, -0.1) is 0 Å². The molecule has 94 valence electrons. The number of esters is 1. The number of carbonyl (C=O) groups is 1. The van der Waals surface area contributed by atoms with Crippen LogP contribution in [0.1, 0.15) is 13.8 Å². The lowest BCUT2D eigenvalue weighted by Gasteiger charge is -2.20. The molecule has 0 aliphatic rings. The Balaban J connectivity index is 2.77. The Kier molecular flexibility index (Phi) is 4.43. The van der Waals surface area contributed by atoms with Gasteiger partial charge in [-0.05, 0) is 32.0 Å². The fraction of sp³-hybridized carbons (Fsp3) is 0.417. The first-order valence-electron chi connectivity index (χ1n) is 5.25. The fourth-order valence-electron chi connectivity index (χ4n) is 1.37. The first-order valence-corrected chi connectivity index (χ1v) is 5.25. The molecule has 1 aromatic carbocycles. The molecule has 0 spiro atoms. The molecule has 0 aliphatic carbocycles. The molecule has 0 aromatic heterocycles. The van der Waals surface area contributed by atoms with Gasteiger partial charge in [0.2, 0.25) is 0 Å². The van der Waals surface area contributed by atoms with Crippen LogP contribution in [0, 0.1) is 17.6 Å². The van der Waals surface area contributed by atoms with Gasteiger partial charge in [-0.25, -0.2) is 8.78 Å². The molecule has 2 atom stereocenters. The van der Waals surface area contributed by atoms with Crippen molar-refractivity contribution in [2.24, 2.45) is 5.92 Å². The van der Waals surface area contributed by atoms with E-state index in [9.17, 15) is 13.6 Å². The van der Waals surface area contributed by atoms with Gasteiger partial charge in [0.25, 0.3) is 0 Å². The van der Waals surface area contributed by atoms with Crippen LogP contribution in [0.5, 0.6) is 0 Å². The average molecular weight is 243 g/mol. The first kappa shape index (κ1) is 13.4. The summed E-state index contributed by atoms with van der Waals surface area (Å²) in [6.07, 6.45) is 0. The highest BCUT2D eigenvalue weighted by atomic mass is 19.1. The van der Waals surface area contributed by atoms with Crippen LogP contribution in [0.3, 0.4) is 0 Å². The van der Waals surface area contributed by atoms with E-state index in [1.807, 2.05) is 0 Å². The summed E-state index contributed by atoms with van der Waals surface area (Å²) in [4.78, 5) is 11.3. The summed E-state index contributed by atoms with van der Waals surface area (Å²) in [6.45, 7) is 3.35. The smallest absolute Gasteiger partial charge is 0.310 e. The van der Waals surface area contributed by atoms with Gasteiger partial charge in [-0.2, -0.15) is 0 Å². The van der Waals surface area contributed by atoms with E-state index in [2.05, 4.69) is 10.1 Å². The van der Waals surface area contributed by atoms with Gasteiger partial charge in [0, 0.05) is 6.04 Å². The Bertz CT molecular complexity index is 409. The summed E-state index contributed by atoms with van der Waals surface area (Å²) in [5.74, 6) is -1.95. The van der Waals surface area contributed by atoms with Crippen LogP contribution in [0.15, 0.2) is 18.2 Å². The van der Waals surface area contributed by atoms with Crippen LogP contribution in [0.2, 0.25) is 0 Å². The molecule has 5 heteroatoms. The van der Waals surface area contributed by atoms with E-state index in [4.69, 9.17) is 0 Å². The molecule has 0 amide bonds. The van der Waals surface area contributed by atoms with Crippen LogP contribution in [-0.2, 0) is 9.53 Å². The van der Waals surface area contributed by atoms with E-state index in [1.54, 1.807) is 13.8 Å². The van der Waals surface area contributed by atoms with E-state index < -0.39 is 23.5 Å². The van der Waals surface area contributed by atoms with Gasteiger partial charge in [-0.1, -0.05) is 0 Å². The third-order valence-electron chi connectivity index (χ3n) is 2.63. The summed E-state index contributed by atoms with van der Waals surface area (Å²) >= 11 is 0. The van der Waals surface area contributed by atoms with Crippen molar-refractivity contribution in [3.05, 3.63) is 29.8 Å². The van der Waals surface area contributed by atoms with Crippen molar-refractivity contribution >= 4 is 11.7 Å². The van der Waals surface area contributed by atoms with Gasteiger partial charge in [0.1, 0.15) is 11.6 Å². The number of nitrogens with one attached hydrogen (secondary N) is 1. The predicted molar refractivity (Wildman–Crippen MR) is 60.6 cm³/mol. The number of halogens is 2. The van der Waals surface area contributed by atoms with E-state index >= 15 is 0 Å². The van der Waals surface area contributed by atoms with Crippen LogP contribution >= 0.6 is 0 Å². The zero-order chi connectivity index (χ0) is 13.0. The number of ether oxygens (including phenoxy) is 1. The molecule has 0 saturated carbocycles. The van der Waals surface area contributed by atoms with Crippen LogP contribution in [0.25, 0.3) is 0 Å². The molecular weight excluding hydrogens is 228 g/mol. The van der Waals surface area contributed by atoms with Crippen molar-refractivity contribution in [2.75, 3.05) is 12.4 Å². The van der Waals surface area contributed by atoms with Gasteiger partial charge in [0.05, 0.1) is 18.7 Å². The molecule has 0 saturated heterocycles. The van der Waals surface area contributed by atoms with Crippen LogP contribution in [-0.4, -0.2) is 19.1 Å². The molecule has 17 heavy (non-hydrogen) atoms. The molecule has 1 rings (SSSR count). The molecule has 0 radical (unpaired) electrons. The molecule has 0 heterocycles. The normalized spacial score (nSPS) is 13.9. The van der Waals surface area contributed by atoms with Gasteiger partial charge in [-0.3, -0.25) is 4.79 Å². The second-order valence-electron chi connectivity index (χ2n) is 3.87. The second kappa shape index (κ2) is 5.61. The van der Waals surface area contributed by atoms with Crippen LogP contribution < -0.4 is 5.32 Å². The van der Waals surface area contributed by atoms with Gasteiger partial charge >= 0.3 is 5.97 Å². The standard InChI is InChI=1S/C12H15F2NO2/c1-7(12(16)17-3)8(2)15-11-6-9(13)4-5-10(11)14/h4-8,15H,1-3H3. The predicted octanol–water partition coefficient (Wildman–Crippen LogP) is 2.57. The van der Waals surface area contributed by atoms with Crippen molar-refractivity contribution < 1.29 is 18.3 Å². The third kappa shape index (κ3) is 3.41. The van der Waals surface area contributed by atoms with E-state index in [0.717, 1.165) is 18.2 Å². The van der Waals surface area contributed by atoms with E-state index in [0.29, 0.717) is 0 Å². The Morgan fingerprint density at radius 1 is 1.35 bits per heavy atom. The Morgan fingerprint density at radius 3 is 2.59 bits per heavy atom. The van der Waals surface area contributed by atoms with Crippen molar-refractivity contribution in [2.45, 2.75) is 19.9 Å². The zero-order valence-corrected chi connectivity index (χ0v) is 9.96. The molecule has 1 aromatic rings. The van der Waals surface area contributed by atoms with Crippen molar-refractivity contribution in [1.82, 2.24) is 0 Å². The van der Waals surface area contributed by atoms with E-state index in [-0.39, 0.29) is 11.7 Å². The summed E-state index contributed by atoms with van der Waals surface area (Å²) < 4.78 is 30.8. The lowest BCUT2D eigenvalue weighted by molar-refractivity contribution is -0.145. The van der Waals surface area contributed by atoms with Gasteiger partial charge < -0.3 is 10.1 Å². The average Bonchev–Trinajstić information content (AvgIpc) is 2.31. The topological polar surface area (TPSA) is 38.3 Å². The zero-order valence-electron chi connectivity index (χ0n) is 9.96. The number of hydrogen-bond acceptors (Lipinski definition) is 3. The molecule has 2 unspecified atom stereocenters. The molecular formula is C12H15F2NO2. The van der Waals surface area contributed by atoms with E-state index in [1.165, 1.54) is 7.11 Å². The largest absolute Gasteiger partial charge is 0.469 e. The monoisotopic (exact) mass is 243 g/mol. The summed E-state index contributed by atoms with van der Waals surface area (Å²) in [7, 11) is 1.29. The highest BCUT2D eigenvalue weighted by molar-refractivity contribution is 5.73. The lowest BCUT2D eigenvalue weighted by Crippen LogP contribution is -2.31. The first-order chi connectivity index (χ1) is 7.95. The number of benzene rings is 1. The third-order valence-corrected chi connectivity index (χ3v) is 2.63.